The third-order valence-electron chi connectivity index (χ3n) is 3.13. The summed E-state index contributed by atoms with van der Waals surface area (Å²) < 4.78 is 26.0. The summed E-state index contributed by atoms with van der Waals surface area (Å²) in [6.07, 6.45) is 0.835. The van der Waals surface area contributed by atoms with Crippen LogP contribution in [0.15, 0.2) is 16.3 Å². The lowest BCUT2D eigenvalue weighted by molar-refractivity contribution is 0.0943. The highest BCUT2D eigenvalue weighted by Gasteiger charge is 2.24. The smallest absolute Gasteiger partial charge is 0.261 e. The van der Waals surface area contributed by atoms with Crippen LogP contribution in [0.1, 0.15) is 43.8 Å². The lowest BCUT2D eigenvalue weighted by Crippen LogP contribution is -2.31. The highest BCUT2D eigenvalue weighted by atomic mass is 32.2. The third-order valence-corrected chi connectivity index (χ3v) is 6.24. The van der Waals surface area contributed by atoms with Gasteiger partial charge in [0.25, 0.3) is 5.91 Å². The molecule has 0 spiro atoms. The predicted molar refractivity (Wildman–Crippen MR) is 81.6 cm³/mol. The minimum atomic E-state index is -3.48. The van der Waals surface area contributed by atoms with Crippen LogP contribution in [0.4, 0.5) is 0 Å². The molecule has 1 aromatic rings. The highest BCUT2D eigenvalue weighted by Crippen LogP contribution is 2.22. The molecule has 1 N–H and O–H groups in total. The topological polar surface area (TPSA) is 66.5 Å². The van der Waals surface area contributed by atoms with E-state index in [2.05, 4.69) is 5.32 Å². The van der Waals surface area contributed by atoms with E-state index in [-0.39, 0.29) is 16.8 Å². The summed E-state index contributed by atoms with van der Waals surface area (Å²) in [7, 11) is -3.48. The number of sulfonamides is 1. The molecular weight excluding hydrogens is 296 g/mol. The summed E-state index contributed by atoms with van der Waals surface area (Å²) in [6, 6.07) is 1.53. The molecule has 0 unspecified atom stereocenters. The molecule has 0 aliphatic rings. The van der Waals surface area contributed by atoms with Crippen molar-refractivity contribution in [3.63, 3.8) is 0 Å². The highest BCUT2D eigenvalue weighted by molar-refractivity contribution is 7.89. The summed E-state index contributed by atoms with van der Waals surface area (Å²) >= 11 is 1.16. The van der Waals surface area contributed by atoms with Crippen LogP contribution in [-0.4, -0.2) is 37.8 Å². The molecule has 1 atom stereocenters. The largest absolute Gasteiger partial charge is 0.349 e. The molecule has 7 heteroatoms. The molecule has 1 heterocycles. The minimum Gasteiger partial charge on any atom is -0.349 e. The first kappa shape index (κ1) is 17.1. The van der Waals surface area contributed by atoms with E-state index in [0.29, 0.717) is 18.0 Å². The van der Waals surface area contributed by atoms with Gasteiger partial charge in [-0.25, -0.2) is 8.42 Å². The van der Waals surface area contributed by atoms with E-state index in [1.54, 1.807) is 13.8 Å². The maximum Gasteiger partial charge on any atom is 0.261 e. The van der Waals surface area contributed by atoms with E-state index >= 15 is 0 Å². The van der Waals surface area contributed by atoms with Crippen molar-refractivity contribution in [3.8, 4) is 0 Å². The Hall–Kier alpha value is -0.920. The molecule has 5 nitrogen and oxygen atoms in total. The number of hydrogen-bond donors (Lipinski definition) is 1. The molecule has 1 aromatic heterocycles. The van der Waals surface area contributed by atoms with Gasteiger partial charge in [-0.15, -0.1) is 11.3 Å². The average Bonchev–Trinajstić information content (AvgIpc) is 2.90. The Bertz CT molecular complexity index is 548. The van der Waals surface area contributed by atoms with Gasteiger partial charge in [0.2, 0.25) is 10.0 Å². The number of thiophene rings is 1. The lowest BCUT2D eigenvalue weighted by Gasteiger charge is -2.17. The molecule has 0 aromatic carbocycles. The monoisotopic (exact) mass is 318 g/mol. The third kappa shape index (κ3) is 3.80. The van der Waals surface area contributed by atoms with E-state index in [0.717, 1.165) is 17.8 Å². The average molecular weight is 318 g/mol. The lowest BCUT2D eigenvalue weighted by atomic mass is 10.2. The van der Waals surface area contributed by atoms with Gasteiger partial charge in [0, 0.05) is 24.5 Å². The van der Waals surface area contributed by atoms with Gasteiger partial charge in [0.1, 0.15) is 0 Å². The van der Waals surface area contributed by atoms with Gasteiger partial charge >= 0.3 is 0 Å². The maximum atomic E-state index is 12.3. The summed E-state index contributed by atoms with van der Waals surface area (Å²) in [4.78, 5) is 12.6. The Morgan fingerprint density at radius 1 is 1.35 bits per heavy atom. The number of amides is 1. The number of nitrogens with one attached hydrogen (secondary N) is 1. The van der Waals surface area contributed by atoms with Crippen molar-refractivity contribution in [2.45, 2.75) is 45.1 Å². The van der Waals surface area contributed by atoms with E-state index < -0.39 is 10.0 Å². The molecule has 1 rings (SSSR count). The van der Waals surface area contributed by atoms with Crippen molar-refractivity contribution >= 4 is 27.3 Å². The minimum absolute atomic E-state index is 0.0763. The molecule has 0 radical (unpaired) electrons. The van der Waals surface area contributed by atoms with Crippen LogP contribution in [0, 0.1) is 0 Å². The maximum absolute atomic E-state index is 12.3. The van der Waals surface area contributed by atoms with Crippen molar-refractivity contribution in [2.75, 3.05) is 13.1 Å². The van der Waals surface area contributed by atoms with Gasteiger partial charge in [-0.2, -0.15) is 4.31 Å². The molecule has 20 heavy (non-hydrogen) atoms. The fourth-order valence-corrected chi connectivity index (χ4v) is 4.30. The van der Waals surface area contributed by atoms with E-state index in [1.165, 1.54) is 15.8 Å². The Morgan fingerprint density at radius 3 is 2.45 bits per heavy atom. The van der Waals surface area contributed by atoms with Crippen LogP contribution >= 0.6 is 11.3 Å². The fourth-order valence-electron chi connectivity index (χ4n) is 1.68. The summed E-state index contributed by atoms with van der Waals surface area (Å²) in [5.41, 5.74) is 0. The number of nitrogens with zero attached hydrogens (tertiary/aromatic N) is 1. The predicted octanol–water partition coefficient (Wildman–Crippen LogP) is 2.31. The van der Waals surface area contributed by atoms with Crippen molar-refractivity contribution < 1.29 is 13.2 Å². The molecule has 114 valence electrons. The Balaban J connectivity index is 2.95. The summed E-state index contributed by atoms with van der Waals surface area (Å²) in [5.74, 6) is -0.217. The number of rotatable bonds is 7. The van der Waals surface area contributed by atoms with Gasteiger partial charge in [-0.3, -0.25) is 4.79 Å². The zero-order chi connectivity index (χ0) is 15.3. The second-order valence-electron chi connectivity index (χ2n) is 4.52. The molecule has 0 fully saturated rings. The van der Waals surface area contributed by atoms with Gasteiger partial charge in [-0.1, -0.05) is 20.8 Å². The van der Waals surface area contributed by atoms with Gasteiger partial charge in [0.15, 0.2) is 0 Å². The molecule has 0 aliphatic carbocycles. The van der Waals surface area contributed by atoms with Crippen LogP contribution in [0.2, 0.25) is 0 Å². The quantitative estimate of drug-likeness (QED) is 0.839. The number of carbonyl (C=O) groups excluding carboxylic acids is 1. The van der Waals surface area contributed by atoms with Crippen molar-refractivity contribution in [3.05, 3.63) is 16.3 Å². The van der Waals surface area contributed by atoms with Crippen LogP contribution in [0.5, 0.6) is 0 Å². The number of carbonyl (C=O) groups is 1. The fraction of sp³-hybridized carbons (Fsp3) is 0.615. The zero-order valence-electron chi connectivity index (χ0n) is 12.3. The first-order valence-corrected chi connectivity index (χ1v) is 9.08. The van der Waals surface area contributed by atoms with Crippen molar-refractivity contribution in [1.82, 2.24) is 9.62 Å². The Labute approximate surface area is 125 Å². The Morgan fingerprint density at radius 2 is 1.95 bits per heavy atom. The Kier molecular flexibility index (Phi) is 6.16. The van der Waals surface area contributed by atoms with Crippen molar-refractivity contribution in [2.24, 2.45) is 0 Å². The second kappa shape index (κ2) is 7.19. The van der Waals surface area contributed by atoms with E-state index in [4.69, 9.17) is 0 Å². The normalized spacial score (nSPS) is 13.4. The van der Waals surface area contributed by atoms with Crippen LogP contribution in [0.3, 0.4) is 0 Å². The van der Waals surface area contributed by atoms with Crippen LogP contribution in [0.25, 0.3) is 0 Å². The summed E-state index contributed by atoms with van der Waals surface area (Å²) in [5, 5.41) is 4.36. The van der Waals surface area contributed by atoms with Crippen LogP contribution in [-0.2, 0) is 10.0 Å². The molecule has 1 amide bonds. The van der Waals surface area contributed by atoms with Gasteiger partial charge in [-0.05, 0) is 19.4 Å². The van der Waals surface area contributed by atoms with E-state index in [1.807, 2.05) is 13.8 Å². The van der Waals surface area contributed by atoms with Gasteiger partial charge < -0.3 is 5.32 Å². The standard InChI is InChI=1S/C13H22N2O3S2/c1-5-10(4)14-13(16)12-8-11(9-19-12)20(17,18)15(6-2)7-3/h8-10H,5-7H2,1-4H3,(H,14,16)/t10-/m1/s1. The molecule has 0 saturated carbocycles. The SMILES string of the molecule is CC[C@@H](C)NC(=O)c1cc(S(=O)(=O)N(CC)CC)cs1. The first-order chi connectivity index (χ1) is 9.36. The summed E-state index contributed by atoms with van der Waals surface area (Å²) in [6.45, 7) is 8.33. The first-order valence-electron chi connectivity index (χ1n) is 6.76. The van der Waals surface area contributed by atoms with E-state index in [9.17, 15) is 13.2 Å². The molecule has 0 saturated heterocycles. The molecular formula is C13H22N2O3S2. The van der Waals surface area contributed by atoms with Crippen molar-refractivity contribution in [1.29, 1.82) is 0 Å². The second-order valence-corrected chi connectivity index (χ2v) is 7.37. The van der Waals surface area contributed by atoms with Gasteiger partial charge in [0.05, 0.1) is 9.77 Å². The molecule has 0 aliphatic heterocycles. The molecule has 0 bridgehead atoms. The number of hydrogen-bond acceptors (Lipinski definition) is 4. The van der Waals surface area contributed by atoms with Crippen LogP contribution < -0.4 is 5.32 Å². The zero-order valence-corrected chi connectivity index (χ0v) is 14.0.